The summed E-state index contributed by atoms with van der Waals surface area (Å²) in [6.45, 7) is 8.13. The van der Waals surface area contributed by atoms with Gasteiger partial charge >= 0.3 is 0 Å². The maximum absolute atomic E-state index is 6.03. The normalized spacial score (nSPS) is 16.5. The zero-order valence-electron chi connectivity index (χ0n) is 17.7. The van der Waals surface area contributed by atoms with E-state index in [0.29, 0.717) is 0 Å². The third-order valence-electron chi connectivity index (χ3n) is 6.06. The lowest BCUT2D eigenvalue weighted by Crippen LogP contribution is -2.26. The number of hydrogen-bond acceptors (Lipinski definition) is 4. The first-order chi connectivity index (χ1) is 14.5. The van der Waals surface area contributed by atoms with Crippen LogP contribution in [0.5, 0.6) is 0 Å². The number of aromatic amines is 1. The van der Waals surface area contributed by atoms with Gasteiger partial charge in [0.05, 0.1) is 0 Å². The van der Waals surface area contributed by atoms with E-state index in [-0.39, 0.29) is 6.04 Å². The molecule has 3 N–H and O–H groups in total. The summed E-state index contributed by atoms with van der Waals surface area (Å²) < 4.78 is 0. The van der Waals surface area contributed by atoms with Gasteiger partial charge in [0.25, 0.3) is 0 Å². The second-order valence-corrected chi connectivity index (χ2v) is 8.42. The summed E-state index contributed by atoms with van der Waals surface area (Å²) in [5.41, 5.74) is 15.1. The Bertz CT molecular complexity index is 1200. The third kappa shape index (κ3) is 3.35. The number of aromatic nitrogens is 3. The number of rotatable bonds is 3. The van der Waals surface area contributed by atoms with E-state index in [9.17, 15) is 0 Å². The van der Waals surface area contributed by atoms with E-state index >= 15 is 0 Å². The molecule has 0 spiro atoms. The number of pyridine rings is 2. The molecule has 1 aromatic carbocycles. The van der Waals surface area contributed by atoms with E-state index < -0.39 is 0 Å². The highest BCUT2D eigenvalue weighted by Gasteiger charge is 2.20. The molecule has 152 valence electrons. The Morgan fingerprint density at radius 3 is 2.40 bits per heavy atom. The van der Waals surface area contributed by atoms with Crippen molar-refractivity contribution in [2.24, 2.45) is 5.73 Å². The fourth-order valence-electron chi connectivity index (χ4n) is 4.52. The number of aryl methyl sites for hydroxylation is 3. The Morgan fingerprint density at radius 2 is 1.73 bits per heavy atom. The third-order valence-corrected chi connectivity index (χ3v) is 6.06. The number of fused-ring (bicyclic) bond motifs is 1. The quantitative estimate of drug-likeness (QED) is 0.523. The van der Waals surface area contributed by atoms with Crippen LogP contribution < -0.4 is 10.6 Å². The number of anilines is 1. The van der Waals surface area contributed by atoms with Crippen LogP contribution in [0.4, 0.5) is 5.82 Å². The fourth-order valence-corrected chi connectivity index (χ4v) is 4.52. The first-order valence-corrected chi connectivity index (χ1v) is 10.5. The molecule has 3 aromatic heterocycles. The molecule has 0 saturated carbocycles. The van der Waals surface area contributed by atoms with Crippen LogP contribution in [0, 0.1) is 20.8 Å². The van der Waals surface area contributed by atoms with Gasteiger partial charge in [-0.3, -0.25) is 4.98 Å². The molecule has 1 fully saturated rings. The van der Waals surface area contributed by atoms with Crippen molar-refractivity contribution in [3.63, 3.8) is 0 Å². The van der Waals surface area contributed by atoms with Gasteiger partial charge in [-0.25, -0.2) is 4.98 Å². The van der Waals surface area contributed by atoms with Crippen molar-refractivity contribution in [2.75, 3.05) is 18.0 Å². The summed E-state index contributed by atoms with van der Waals surface area (Å²) in [7, 11) is 0. The van der Waals surface area contributed by atoms with Gasteiger partial charge < -0.3 is 15.6 Å². The molecular formula is C25H27N5. The van der Waals surface area contributed by atoms with Crippen molar-refractivity contribution in [3.05, 3.63) is 65.6 Å². The molecular weight excluding hydrogens is 370 g/mol. The minimum absolute atomic E-state index is 0.257. The summed E-state index contributed by atoms with van der Waals surface area (Å²) in [4.78, 5) is 15.1. The van der Waals surface area contributed by atoms with Crippen molar-refractivity contribution in [2.45, 2.75) is 33.2 Å². The highest BCUT2D eigenvalue weighted by Crippen LogP contribution is 2.33. The first kappa shape index (κ1) is 18.8. The van der Waals surface area contributed by atoms with E-state index in [4.69, 9.17) is 10.7 Å². The molecule has 1 aliphatic heterocycles. The van der Waals surface area contributed by atoms with E-state index in [1.165, 1.54) is 16.5 Å². The fraction of sp³-hybridized carbons (Fsp3) is 0.280. The van der Waals surface area contributed by atoms with Crippen LogP contribution in [0.15, 0.2) is 48.7 Å². The van der Waals surface area contributed by atoms with Crippen LogP contribution in [0.25, 0.3) is 33.3 Å². The van der Waals surface area contributed by atoms with Gasteiger partial charge in [0.15, 0.2) is 0 Å². The maximum atomic E-state index is 6.03. The molecule has 5 nitrogen and oxygen atoms in total. The zero-order valence-corrected chi connectivity index (χ0v) is 17.7. The van der Waals surface area contributed by atoms with E-state index in [1.807, 2.05) is 20.0 Å². The Morgan fingerprint density at radius 1 is 0.967 bits per heavy atom. The molecule has 0 amide bonds. The second kappa shape index (κ2) is 7.26. The van der Waals surface area contributed by atoms with Crippen LogP contribution in [0.2, 0.25) is 0 Å². The number of nitrogens with two attached hydrogens (primary N) is 1. The predicted octanol–water partition coefficient (Wildman–Crippen LogP) is 4.75. The highest BCUT2D eigenvalue weighted by atomic mass is 15.2. The topological polar surface area (TPSA) is 70.8 Å². The molecule has 1 saturated heterocycles. The molecule has 0 bridgehead atoms. The Kier molecular flexibility index (Phi) is 4.55. The largest absolute Gasteiger partial charge is 0.355 e. The van der Waals surface area contributed by atoms with Gasteiger partial charge in [-0.05, 0) is 68.7 Å². The molecule has 30 heavy (non-hydrogen) atoms. The minimum Gasteiger partial charge on any atom is -0.355 e. The van der Waals surface area contributed by atoms with Gasteiger partial charge in [0.2, 0.25) is 0 Å². The van der Waals surface area contributed by atoms with E-state index in [0.717, 1.165) is 59.1 Å². The van der Waals surface area contributed by atoms with Crippen LogP contribution in [-0.4, -0.2) is 34.1 Å². The smallest absolute Gasteiger partial charge is 0.128 e. The van der Waals surface area contributed by atoms with Crippen molar-refractivity contribution < 1.29 is 0 Å². The molecule has 1 aliphatic rings. The number of nitrogens with one attached hydrogen (secondary N) is 1. The van der Waals surface area contributed by atoms with Crippen LogP contribution in [0.3, 0.4) is 0 Å². The Balaban J connectivity index is 1.49. The van der Waals surface area contributed by atoms with Crippen LogP contribution in [-0.2, 0) is 0 Å². The van der Waals surface area contributed by atoms with Gasteiger partial charge in [-0.2, -0.15) is 0 Å². The summed E-state index contributed by atoms with van der Waals surface area (Å²) in [6, 6.07) is 15.4. The molecule has 0 radical (unpaired) electrons. The van der Waals surface area contributed by atoms with Gasteiger partial charge in [-0.15, -0.1) is 0 Å². The number of H-pyrrole nitrogens is 1. The average molecular weight is 398 g/mol. The van der Waals surface area contributed by atoms with Crippen molar-refractivity contribution >= 4 is 16.7 Å². The molecule has 1 atom stereocenters. The zero-order chi connectivity index (χ0) is 20.8. The average Bonchev–Trinajstić information content (AvgIpc) is 3.30. The Labute approximate surface area is 177 Å². The summed E-state index contributed by atoms with van der Waals surface area (Å²) >= 11 is 0. The molecule has 4 heterocycles. The minimum atomic E-state index is 0.257. The van der Waals surface area contributed by atoms with Crippen LogP contribution >= 0.6 is 0 Å². The highest BCUT2D eigenvalue weighted by molar-refractivity contribution is 5.93. The first-order valence-electron chi connectivity index (χ1n) is 10.5. The predicted molar refractivity (Wildman–Crippen MR) is 124 cm³/mol. The van der Waals surface area contributed by atoms with Gasteiger partial charge in [0, 0.05) is 64.4 Å². The lowest BCUT2D eigenvalue weighted by molar-refractivity contribution is 0.751. The summed E-state index contributed by atoms with van der Waals surface area (Å²) in [5, 5.41) is 1.25. The molecule has 4 aromatic rings. The van der Waals surface area contributed by atoms with E-state index in [2.05, 4.69) is 64.3 Å². The second-order valence-electron chi connectivity index (χ2n) is 8.42. The van der Waals surface area contributed by atoms with Gasteiger partial charge in [-0.1, -0.05) is 12.1 Å². The molecule has 5 rings (SSSR count). The lowest BCUT2D eigenvalue weighted by Gasteiger charge is -2.16. The monoisotopic (exact) mass is 397 g/mol. The number of benzene rings is 1. The standard InChI is InChI=1S/C25H27N5/c1-15-10-20(11-16(2)28-15)25-17(3)22-6-4-18(12-23(22)29-25)19-5-7-24(27-13-19)30-9-8-21(26)14-30/h4-7,10-13,21,29H,8-9,14,26H2,1-3H3/t21-/m1/s1. The molecule has 0 aliphatic carbocycles. The summed E-state index contributed by atoms with van der Waals surface area (Å²) in [5.74, 6) is 1.01. The van der Waals surface area contributed by atoms with Crippen molar-refractivity contribution in [1.29, 1.82) is 0 Å². The number of nitrogens with zero attached hydrogens (tertiary/aromatic N) is 3. The SMILES string of the molecule is Cc1cc(-c2[nH]c3cc(-c4ccc(N5CC[C@@H](N)C5)nc4)ccc3c2C)cc(C)n1. The molecule has 0 unspecified atom stereocenters. The lowest BCUT2D eigenvalue weighted by atomic mass is 10.0. The van der Waals surface area contributed by atoms with Crippen molar-refractivity contribution in [3.8, 4) is 22.4 Å². The maximum Gasteiger partial charge on any atom is 0.128 e. The molecule has 5 heteroatoms. The Hall–Kier alpha value is -3.18. The number of hydrogen-bond donors (Lipinski definition) is 2. The van der Waals surface area contributed by atoms with Crippen molar-refractivity contribution in [1.82, 2.24) is 15.0 Å². The van der Waals surface area contributed by atoms with E-state index in [1.54, 1.807) is 0 Å². The van der Waals surface area contributed by atoms with Gasteiger partial charge in [0.1, 0.15) is 5.82 Å². The van der Waals surface area contributed by atoms with Crippen LogP contribution in [0.1, 0.15) is 23.4 Å². The summed E-state index contributed by atoms with van der Waals surface area (Å²) in [6.07, 6.45) is 3.00.